The smallest absolute Gasteiger partial charge is 0.253 e. The molecule has 9 heteroatoms. The van der Waals surface area contributed by atoms with Crippen LogP contribution in [0.1, 0.15) is 78.5 Å². The summed E-state index contributed by atoms with van der Waals surface area (Å²) in [5.74, 6) is 1.06. The van der Waals surface area contributed by atoms with Crippen LogP contribution in [0.3, 0.4) is 0 Å². The number of H-pyrrole nitrogens is 1. The van der Waals surface area contributed by atoms with E-state index in [-0.39, 0.29) is 12.0 Å². The van der Waals surface area contributed by atoms with Crippen LogP contribution in [-0.4, -0.2) is 80.2 Å². The van der Waals surface area contributed by atoms with E-state index >= 15 is 0 Å². The molecule has 7 heterocycles. The molecule has 0 aromatic carbocycles. The second-order valence-corrected chi connectivity index (χ2v) is 13.4. The van der Waals surface area contributed by atoms with Gasteiger partial charge in [-0.3, -0.25) is 9.69 Å². The number of thiophene rings is 1. The number of carbonyl (C=O) groups is 1. The third kappa shape index (κ3) is 4.11. The molecule has 0 saturated carbocycles. The van der Waals surface area contributed by atoms with Crippen LogP contribution in [0.25, 0.3) is 27.1 Å². The molecule has 0 aliphatic carbocycles. The number of hydrogen-bond acceptors (Lipinski definition) is 6. The summed E-state index contributed by atoms with van der Waals surface area (Å²) in [6.07, 6.45) is 7.92. The van der Waals surface area contributed by atoms with Gasteiger partial charge in [-0.25, -0.2) is 9.50 Å². The van der Waals surface area contributed by atoms with E-state index in [0.29, 0.717) is 24.5 Å². The molecule has 1 unspecified atom stereocenters. The maximum Gasteiger partial charge on any atom is 0.253 e. The van der Waals surface area contributed by atoms with E-state index < -0.39 is 0 Å². The quantitative estimate of drug-likeness (QED) is 0.354. The second-order valence-electron chi connectivity index (χ2n) is 12.4. The first kappa shape index (κ1) is 26.2. The van der Waals surface area contributed by atoms with Crippen LogP contribution in [0.2, 0.25) is 0 Å². The molecule has 1 N–H and O–H groups in total. The molecule has 40 heavy (non-hydrogen) atoms. The van der Waals surface area contributed by atoms with Crippen molar-refractivity contribution < 1.29 is 9.53 Å². The number of piperidine rings is 1. The predicted octanol–water partition coefficient (Wildman–Crippen LogP) is 5.56. The monoisotopic (exact) mass is 560 g/mol. The number of ether oxygens (including phenoxy) is 1. The van der Waals surface area contributed by atoms with Gasteiger partial charge in [-0.05, 0) is 87.1 Å². The minimum atomic E-state index is -0.289. The zero-order valence-corrected chi connectivity index (χ0v) is 25.1. The number of hydrogen-bond donors (Lipinski definition) is 1. The highest BCUT2D eigenvalue weighted by Crippen LogP contribution is 2.46. The minimum absolute atomic E-state index is 0.195. The molecule has 0 radical (unpaired) electrons. The number of pyridine rings is 1. The van der Waals surface area contributed by atoms with Crippen molar-refractivity contribution in [1.82, 2.24) is 29.4 Å². The SMILES string of the molecule is Cc1c(-c2[nH]c3sc(C4CCN(C(=O)[C@H]5CN6CCCC6CO5)CC4)c(C)c3c2C(C)C)cn2ncnc2c1C. The van der Waals surface area contributed by atoms with Gasteiger partial charge in [0.15, 0.2) is 5.65 Å². The molecule has 0 spiro atoms. The fraction of sp³-hybridized carbons (Fsp3) is 0.581. The van der Waals surface area contributed by atoms with Crippen LogP contribution in [0.4, 0.5) is 0 Å². The van der Waals surface area contributed by atoms with Crippen LogP contribution in [0.5, 0.6) is 0 Å². The van der Waals surface area contributed by atoms with Crippen molar-refractivity contribution in [2.45, 2.75) is 84.3 Å². The Labute approximate surface area is 239 Å². The summed E-state index contributed by atoms with van der Waals surface area (Å²) < 4.78 is 7.94. The zero-order chi connectivity index (χ0) is 27.7. The number of nitrogens with zero attached hydrogens (tertiary/aromatic N) is 5. The lowest BCUT2D eigenvalue weighted by Crippen LogP contribution is -2.54. The third-order valence-electron chi connectivity index (χ3n) is 9.78. The van der Waals surface area contributed by atoms with Gasteiger partial charge in [0.1, 0.15) is 17.3 Å². The first-order valence-corrected chi connectivity index (χ1v) is 15.7. The minimum Gasteiger partial charge on any atom is -0.365 e. The third-order valence-corrected chi connectivity index (χ3v) is 11.1. The fourth-order valence-electron chi connectivity index (χ4n) is 7.41. The summed E-state index contributed by atoms with van der Waals surface area (Å²) in [4.78, 5) is 28.9. The molecule has 3 saturated heterocycles. The molecule has 0 bridgehead atoms. The number of amides is 1. The van der Waals surface area contributed by atoms with Gasteiger partial charge in [0.25, 0.3) is 5.91 Å². The molecule has 4 aromatic rings. The van der Waals surface area contributed by atoms with Crippen molar-refractivity contribution in [3.05, 3.63) is 39.7 Å². The van der Waals surface area contributed by atoms with Crippen LogP contribution in [-0.2, 0) is 9.53 Å². The summed E-state index contributed by atoms with van der Waals surface area (Å²) in [6, 6.07) is 0.524. The summed E-state index contributed by atoms with van der Waals surface area (Å²) in [7, 11) is 0. The number of aromatic amines is 1. The van der Waals surface area contributed by atoms with Crippen molar-refractivity contribution in [3.8, 4) is 11.3 Å². The number of likely N-dealkylation sites (tertiary alicyclic amines) is 1. The van der Waals surface area contributed by atoms with E-state index in [1.54, 1.807) is 6.33 Å². The van der Waals surface area contributed by atoms with E-state index in [1.807, 2.05) is 15.9 Å². The van der Waals surface area contributed by atoms with Gasteiger partial charge >= 0.3 is 0 Å². The molecule has 212 valence electrons. The average molecular weight is 561 g/mol. The lowest BCUT2D eigenvalue weighted by Gasteiger charge is -2.38. The molecule has 4 aromatic heterocycles. The van der Waals surface area contributed by atoms with Gasteiger partial charge in [0, 0.05) is 47.7 Å². The molecular formula is C31H40N6O2S. The Hall–Kier alpha value is -2.75. The number of morpholine rings is 1. The van der Waals surface area contributed by atoms with Crippen LogP contribution >= 0.6 is 11.3 Å². The van der Waals surface area contributed by atoms with Crippen molar-refractivity contribution >= 4 is 33.1 Å². The summed E-state index contributed by atoms with van der Waals surface area (Å²) in [5.41, 5.74) is 8.52. The normalized spacial score (nSPS) is 22.7. The van der Waals surface area contributed by atoms with Gasteiger partial charge in [-0.2, -0.15) is 5.10 Å². The van der Waals surface area contributed by atoms with Gasteiger partial charge < -0.3 is 14.6 Å². The fourth-order valence-corrected chi connectivity index (χ4v) is 8.81. The van der Waals surface area contributed by atoms with E-state index in [0.717, 1.165) is 44.7 Å². The topological polar surface area (TPSA) is 78.8 Å². The second kappa shape index (κ2) is 9.96. The number of rotatable bonds is 4. The van der Waals surface area contributed by atoms with Crippen molar-refractivity contribution in [1.29, 1.82) is 0 Å². The van der Waals surface area contributed by atoms with Crippen molar-refractivity contribution in [3.63, 3.8) is 0 Å². The van der Waals surface area contributed by atoms with Gasteiger partial charge in [0.05, 0.1) is 12.3 Å². The highest BCUT2D eigenvalue weighted by molar-refractivity contribution is 7.19. The first-order valence-electron chi connectivity index (χ1n) is 14.9. The molecule has 3 aliphatic rings. The lowest BCUT2D eigenvalue weighted by molar-refractivity contribution is -0.152. The Balaban J connectivity index is 1.14. The zero-order valence-electron chi connectivity index (χ0n) is 24.3. The average Bonchev–Trinajstić information content (AvgIpc) is 3.74. The Morgan fingerprint density at radius 2 is 1.90 bits per heavy atom. The lowest BCUT2D eigenvalue weighted by atomic mass is 9.89. The summed E-state index contributed by atoms with van der Waals surface area (Å²) >= 11 is 1.92. The maximum absolute atomic E-state index is 13.3. The molecule has 3 aliphatic heterocycles. The maximum atomic E-state index is 13.3. The van der Waals surface area contributed by atoms with Crippen LogP contribution in [0.15, 0.2) is 12.5 Å². The number of nitrogens with one attached hydrogen (secondary N) is 1. The summed E-state index contributed by atoms with van der Waals surface area (Å²) in [5, 5.41) is 5.82. The predicted molar refractivity (Wildman–Crippen MR) is 159 cm³/mol. The summed E-state index contributed by atoms with van der Waals surface area (Å²) in [6.45, 7) is 15.4. The first-order chi connectivity index (χ1) is 19.3. The molecule has 2 atom stereocenters. The van der Waals surface area contributed by atoms with E-state index in [1.165, 1.54) is 61.4 Å². The van der Waals surface area contributed by atoms with Crippen molar-refractivity contribution in [2.75, 3.05) is 32.8 Å². The number of aryl methyl sites for hydroxylation is 2. The molecule has 7 rings (SSSR count). The molecule has 3 fully saturated rings. The Morgan fingerprint density at radius 1 is 1.10 bits per heavy atom. The molecule has 8 nitrogen and oxygen atoms in total. The van der Waals surface area contributed by atoms with E-state index in [4.69, 9.17) is 4.74 Å². The van der Waals surface area contributed by atoms with E-state index in [9.17, 15) is 4.79 Å². The highest BCUT2D eigenvalue weighted by atomic mass is 32.1. The molecule has 1 amide bonds. The Bertz CT molecular complexity index is 1590. The van der Waals surface area contributed by atoms with Crippen LogP contribution < -0.4 is 0 Å². The Morgan fingerprint density at radius 3 is 2.67 bits per heavy atom. The number of fused-ring (bicyclic) bond motifs is 3. The van der Waals surface area contributed by atoms with Gasteiger partial charge in [-0.15, -0.1) is 11.3 Å². The number of aromatic nitrogens is 4. The standard InChI is InChI=1S/C31H40N6O2S/c1-17(2)25-26-20(5)28(40-30(26)34-27(25)23-13-37-29(32-16-33-37)19(4)18(23)3)21-8-11-35(12-9-21)31(38)24-14-36-10-6-7-22(36)15-39-24/h13,16-17,21-22,24,34H,6-12,14-15H2,1-5H3/t22?,24-/m1/s1. The largest absolute Gasteiger partial charge is 0.365 e. The van der Waals surface area contributed by atoms with Gasteiger partial charge in [-0.1, -0.05) is 13.8 Å². The van der Waals surface area contributed by atoms with Crippen molar-refractivity contribution in [2.24, 2.45) is 0 Å². The highest BCUT2D eigenvalue weighted by Gasteiger charge is 2.38. The molecular weight excluding hydrogens is 520 g/mol. The van der Waals surface area contributed by atoms with Gasteiger partial charge in [0.2, 0.25) is 0 Å². The van der Waals surface area contributed by atoms with E-state index in [2.05, 4.69) is 65.7 Å². The van der Waals surface area contributed by atoms with Crippen LogP contribution in [0, 0.1) is 20.8 Å². The number of carbonyl (C=O) groups excluding carboxylic acids is 1. The Kier molecular flexibility index (Phi) is 6.52.